The molecule has 0 unspecified atom stereocenters. The molecule has 128 valence electrons. The predicted octanol–water partition coefficient (Wildman–Crippen LogP) is 4.87. The highest BCUT2D eigenvalue weighted by molar-refractivity contribution is 9.10. The van der Waals surface area contributed by atoms with Crippen molar-refractivity contribution in [1.82, 2.24) is 5.32 Å². The summed E-state index contributed by atoms with van der Waals surface area (Å²) in [6.07, 6.45) is 0. The van der Waals surface area contributed by atoms with Gasteiger partial charge in [-0.25, -0.2) is 4.39 Å². The molecule has 2 rings (SSSR count). The van der Waals surface area contributed by atoms with Gasteiger partial charge < -0.3 is 5.32 Å². The molecule has 2 nitrogen and oxygen atoms in total. The highest BCUT2D eigenvalue weighted by Gasteiger charge is 2.04. The second-order valence-corrected chi connectivity index (χ2v) is 8.02. The molecule has 2 aromatic carbocycles. The summed E-state index contributed by atoms with van der Waals surface area (Å²) in [4.78, 5) is 11.8. The number of carbonyl (C=O) groups excluding carboxylic acids is 1. The van der Waals surface area contributed by atoms with E-state index in [1.54, 1.807) is 35.7 Å². The van der Waals surface area contributed by atoms with Gasteiger partial charge >= 0.3 is 0 Å². The Kier molecular flexibility index (Phi) is 8.70. The van der Waals surface area contributed by atoms with Gasteiger partial charge in [0.05, 0.1) is 5.75 Å². The topological polar surface area (TPSA) is 29.1 Å². The van der Waals surface area contributed by atoms with E-state index in [0.29, 0.717) is 23.6 Å². The van der Waals surface area contributed by atoms with Crippen molar-refractivity contribution in [2.75, 3.05) is 18.1 Å². The van der Waals surface area contributed by atoms with Crippen molar-refractivity contribution in [1.29, 1.82) is 0 Å². The second-order valence-electron chi connectivity index (χ2n) is 5.08. The lowest BCUT2D eigenvalue weighted by atomic mass is 10.2. The zero-order valence-corrected chi connectivity index (χ0v) is 16.4. The van der Waals surface area contributed by atoms with Gasteiger partial charge in [-0.2, -0.15) is 11.8 Å². The number of hydrogen-bond acceptors (Lipinski definition) is 3. The monoisotopic (exact) mass is 427 g/mol. The Balaban J connectivity index is 1.55. The van der Waals surface area contributed by atoms with E-state index in [1.165, 1.54) is 11.6 Å². The fourth-order valence-electron chi connectivity index (χ4n) is 1.98. The fourth-order valence-corrected chi connectivity index (χ4v) is 4.30. The maximum absolute atomic E-state index is 13.4. The predicted molar refractivity (Wildman–Crippen MR) is 106 cm³/mol. The smallest absolute Gasteiger partial charge is 0.230 e. The maximum atomic E-state index is 13.4. The molecule has 0 radical (unpaired) electrons. The van der Waals surface area contributed by atoms with Gasteiger partial charge in [0.2, 0.25) is 5.91 Å². The molecule has 6 heteroatoms. The first-order valence-corrected chi connectivity index (χ1v) is 10.7. The van der Waals surface area contributed by atoms with Crippen LogP contribution in [-0.2, 0) is 16.3 Å². The van der Waals surface area contributed by atoms with Crippen LogP contribution in [0, 0.1) is 5.82 Å². The Morgan fingerprint density at radius 3 is 2.42 bits per heavy atom. The molecule has 24 heavy (non-hydrogen) atoms. The van der Waals surface area contributed by atoms with Gasteiger partial charge in [-0.15, -0.1) is 11.8 Å². The van der Waals surface area contributed by atoms with Crippen LogP contribution in [0.5, 0.6) is 0 Å². The van der Waals surface area contributed by atoms with Gasteiger partial charge in [-0.3, -0.25) is 4.79 Å². The minimum atomic E-state index is -0.169. The first-order chi connectivity index (χ1) is 11.7. The van der Waals surface area contributed by atoms with Crippen LogP contribution in [0.3, 0.4) is 0 Å². The van der Waals surface area contributed by atoms with Crippen molar-refractivity contribution >= 4 is 45.4 Å². The van der Waals surface area contributed by atoms with Crippen molar-refractivity contribution in [2.45, 2.75) is 11.5 Å². The number of carbonyl (C=O) groups is 1. The lowest BCUT2D eigenvalue weighted by Crippen LogP contribution is -2.27. The summed E-state index contributed by atoms with van der Waals surface area (Å²) in [5.41, 5.74) is 1.90. The molecule has 0 atom stereocenters. The van der Waals surface area contributed by atoms with E-state index in [2.05, 4.69) is 21.2 Å². The van der Waals surface area contributed by atoms with Crippen molar-refractivity contribution in [3.63, 3.8) is 0 Å². The molecular formula is C18H19BrFNOS2. The van der Waals surface area contributed by atoms with Gasteiger partial charge in [0.25, 0.3) is 0 Å². The molecule has 1 N–H and O–H groups in total. The summed E-state index contributed by atoms with van der Waals surface area (Å²) >= 11 is 6.71. The van der Waals surface area contributed by atoms with Crippen molar-refractivity contribution < 1.29 is 9.18 Å². The van der Waals surface area contributed by atoms with E-state index >= 15 is 0 Å². The van der Waals surface area contributed by atoms with Crippen LogP contribution in [0.1, 0.15) is 11.1 Å². The normalized spacial score (nSPS) is 10.6. The number of thioether (sulfide) groups is 2. The summed E-state index contributed by atoms with van der Waals surface area (Å²) in [6, 6.07) is 14.8. The van der Waals surface area contributed by atoms with Crippen LogP contribution in [0.2, 0.25) is 0 Å². The molecule has 0 aromatic heterocycles. The first kappa shape index (κ1) is 19.3. The van der Waals surface area contributed by atoms with Crippen LogP contribution >= 0.6 is 39.5 Å². The van der Waals surface area contributed by atoms with E-state index in [0.717, 1.165) is 16.0 Å². The number of nitrogens with one attached hydrogen (secondary N) is 1. The first-order valence-electron chi connectivity index (χ1n) is 7.56. The average Bonchev–Trinajstić information content (AvgIpc) is 2.58. The zero-order chi connectivity index (χ0) is 17.2. The highest BCUT2D eigenvalue weighted by Crippen LogP contribution is 2.21. The van der Waals surface area contributed by atoms with Crippen LogP contribution in [0.15, 0.2) is 53.0 Å². The van der Waals surface area contributed by atoms with E-state index in [9.17, 15) is 9.18 Å². The highest BCUT2D eigenvalue weighted by atomic mass is 79.9. The molecule has 0 aliphatic heterocycles. The molecule has 0 spiro atoms. The SMILES string of the molecule is O=C(CSCc1ccccc1Br)NCCSCc1ccccc1F. The van der Waals surface area contributed by atoms with E-state index in [1.807, 2.05) is 30.3 Å². The average molecular weight is 428 g/mol. The molecule has 1 amide bonds. The summed E-state index contributed by atoms with van der Waals surface area (Å²) in [7, 11) is 0. The quantitative estimate of drug-likeness (QED) is 0.578. The van der Waals surface area contributed by atoms with Gasteiger partial charge in [0.1, 0.15) is 5.82 Å². The molecule has 0 heterocycles. The summed E-state index contributed by atoms with van der Waals surface area (Å²) < 4.78 is 14.5. The number of amides is 1. The van der Waals surface area contributed by atoms with Crippen LogP contribution < -0.4 is 5.32 Å². The van der Waals surface area contributed by atoms with Gasteiger partial charge in [0.15, 0.2) is 0 Å². The fraction of sp³-hybridized carbons (Fsp3) is 0.278. The third-order valence-corrected chi connectivity index (χ3v) is 6.00. The number of benzene rings is 2. The summed E-state index contributed by atoms with van der Waals surface area (Å²) in [5, 5.41) is 2.90. The third kappa shape index (κ3) is 6.87. The summed E-state index contributed by atoms with van der Waals surface area (Å²) in [6.45, 7) is 0.605. The number of rotatable bonds is 9. The van der Waals surface area contributed by atoms with Crippen LogP contribution in [0.25, 0.3) is 0 Å². The molecule has 0 saturated heterocycles. The van der Waals surface area contributed by atoms with Gasteiger partial charge in [-0.1, -0.05) is 52.3 Å². The Labute approximate surface area is 159 Å². The third-order valence-electron chi connectivity index (χ3n) is 3.23. The number of hydrogen-bond donors (Lipinski definition) is 1. The maximum Gasteiger partial charge on any atom is 0.230 e. The Bertz CT molecular complexity index is 669. The zero-order valence-electron chi connectivity index (χ0n) is 13.1. The van der Waals surface area contributed by atoms with Crippen molar-refractivity contribution in [3.8, 4) is 0 Å². The molecule has 0 fully saturated rings. The molecule has 2 aromatic rings. The van der Waals surface area contributed by atoms with Gasteiger partial charge in [0, 0.05) is 28.3 Å². The number of halogens is 2. The lowest BCUT2D eigenvalue weighted by molar-refractivity contribution is -0.118. The molecule has 0 bridgehead atoms. The van der Waals surface area contributed by atoms with Crippen LogP contribution in [0.4, 0.5) is 4.39 Å². The largest absolute Gasteiger partial charge is 0.355 e. The Hall–Kier alpha value is -0.980. The van der Waals surface area contributed by atoms with E-state index in [-0.39, 0.29) is 11.7 Å². The minimum absolute atomic E-state index is 0.0403. The lowest BCUT2D eigenvalue weighted by Gasteiger charge is -2.07. The second kappa shape index (κ2) is 10.8. The summed E-state index contributed by atoms with van der Waals surface area (Å²) in [5.74, 6) is 2.51. The molecular weight excluding hydrogens is 409 g/mol. The molecule has 0 aliphatic rings. The molecule has 0 aliphatic carbocycles. The van der Waals surface area contributed by atoms with E-state index < -0.39 is 0 Å². The Morgan fingerprint density at radius 2 is 1.67 bits per heavy atom. The van der Waals surface area contributed by atoms with Gasteiger partial charge in [-0.05, 0) is 23.3 Å². The van der Waals surface area contributed by atoms with Crippen molar-refractivity contribution in [2.24, 2.45) is 0 Å². The minimum Gasteiger partial charge on any atom is -0.355 e. The standard InChI is InChI=1S/C18H19BrFNOS2/c19-16-7-3-1-5-14(16)11-24-13-18(22)21-9-10-23-12-15-6-2-4-8-17(15)20/h1-8H,9-13H2,(H,21,22). The van der Waals surface area contributed by atoms with Crippen LogP contribution in [-0.4, -0.2) is 24.0 Å². The molecule has 0 saturated carbocycles. The van der Waals surface area contributed by atoms with Crippen molar-refractivity contribution in [3.05, 3.63) is 69.9 Å². The van der Waals surface area contributed by atoms with E-state index in [4.69, 9.17) is 0 Å². The Morgan fingerprint density at radius 1 is 1.00 bits per heavy atom.